The van der Waals surface area contributed by atoms with E-state index in [-0.39, 0.29) is 0 Å². The molecular weight excluding hydrogens is 250 g/mol. The van der Waals surface area contributed by atoms with Gasteiger partial charge in [0.2, 0.25) is 0 Å². The molecule has 0 spiro atoms. The number of aryl methyl sites for hydroxylation is 1. The standard InChI is InChI=1S/C16H21N3O/c1-3-15(17-11-14-6-8-19(2)18-14)12-4-5-16-13(10-12)7-9-20-16/h4-6,8,10,15,17H,3,7,9,11H2,1-2H3. The number of fused-ring (bicyclic) bond motifs is 1. The van der Waals surface area contributed by atoms with Crippen molar-refractivity contribution < 1.29 is 4.74 Å². The van der Waals surface area contributed by atoms with Gasteiger partial charge in [0.1, 0.15) is 5.75 Å². The maximum Gasteiger partial charge on any atom is 0.122 e. The van der Waals surface area contributed by atoms with Crippen molar-refractivity contribution in [2.45, 2.75) is 32.4 Å². The smallest absolute Gasteiger partial charge is 0.122 e. The molecule has 0 bridgehead atoms. The molecule has 0 saturated heterocycles. The van der Waals surface area contributed by atoms with E-state index in [0.29, 0.717) is 6.04 Å². The van der Waals surface area contributed by atoms with Crippen LogP contribution in [-0.2, 0) is 20.0 Å². The number of hydrogen-bond donors (Lipinski definition) is 1. The molecule has 0 radical (unpaired) electrons. The summed E-state index contributed by atoms with van der Waals surface area (Å²) in [5.74, 6) is 1.05. The van der Waals surface area contributed by atoms with Gasteiger partial charge in [0, 0.05) is 32.3 Å². The third-order valence-corrected chi connectivity index (χ3v) is 3.82. The number of nitrogens with one attached hydrogen (secondary N) is 1. The molecular formula is C16H21N3O. The first-order valence-electron chi connectivity index (χ1n) is 7.24. The fraction of sp³-hybridized carbons (Fsp3) is 0.438. The average molecular weight is 271 g/mol. The van der Waals surface area contributed by atoms with Gasteiger partial charge in [0.25, 0.3) is 0 Å². The summed E-state index contributed by atoms with van der Waals surface area (Å²) < 4.78 is 7.40. The van der Waals surface area contributed by atoms with Gasteiger partial charge in [-0.15, -0.1) is 0 Å². The van der Waals surface area contributed by atoms with E-state index in [1.807, 2.05) is 17.9 Å². The Labute approximate surface area is 119 Å². The minimum atomic E-state index is 0.364. The molecule has 0 saturated carbocycles. The maximum absolute atomic E-state index is 5.57. The van der Waals surface area contributed by atoms with Crippen molar-refractivity contribution in [3.8, 4) is 5.75 Å². The average Bonchev–Trinajstić information content (AvgIpc) is 3.07. The number of aromatic nitrogens is 2. The Morgan fingerprint density at radius 2 is 2.30 bits per heavy atom. The third kappa shape index (κ3) is 2.70. The van der Waals surface area contributed by atoms with Crippen molar-refractivity contribution in [1.82, 2.24) is 15.1 Å². The molecule has 20 heavy (non-hydrogen) atoms. The number of ether oxygens (including phenoxy) is 1. The molecule has 1 unspecified atom stereocenters. The molecule has 0 aliphatic carbocycles. The van der Waals surface area contributed by atoms with E-state index in [1.54, 1.807) is 0 Å². The Balaban J connectivity index is 1.69. The largest absolute Gasteiger partial charge is 0.493 e. The Bertz CT molecular complexity index is 591. The topological polar surface area (TPSA) is 39.1 Å². The van der Waals surface area contributed by atoms with Gasteiger partial charge in [0.15, 0.2) is 0 Å². The molecule has 0 amide bonds. The zero-order valence-electron chi connectivity index (χ0n) is 12.1. The number of benzene rings is 1. The summed E-state index contributed by atoms with van der Waals surface area (Å²) in [4.78, 5) is 0. The summed E-state index contributed by atoms with van der Waals surface area (Å²) >= 11 is 0. The molecule has 1 aliphatic heterocycles. The van der Waals surface area contributed by atoms with Crippen LogP contribution in [-0.4, -0.2) is 16.4 Å². The maximum atomic E-state index is 5.57. The Kier molecular flexibility index (Phi) is 3.74. The molecule has 1 aromatic heterocycles. The number of hydrogen-bond acceptors (Lipinski definition) is 3. The lowest BCUT2D eigenvalue weighted by Crippen LogP contribution is -2.20. The van der Waals surface area contributed by atoms with Crippen molar-refractivity contribution in [3.63, 3.8) is 0 Å². The Morgan fingerprint density at radius 1 is 1.40 bits per heavy atom. The van der Waals surface area contributed by atoms with Gasteiger partial charge in [0.05, 0.1) is 12.3 Å². The monoisotopic (exact) mass is 271 g/mol. The molecule has 2 heterocycles. The van der Waals surface area contributed by atoms with Crippen molar-refractivity contribution in [3.05, 3.63) is 47.3 Å². The van der Waals surface area contributed by atoms with E-state index in [4.69, 9.17) is 4.74 Å². The summed E-state index contributed by atoms with van der Waals surface area (Å²) in [6.45, 7) is 3.82. The predicted octanol–water partition coefficient (Wildman–Crippen LogP) is 2.60. The van der Waals surface area contributed by atoms with Crippen LogP contribution in [0.5, 0.6) is 5.75 Å². The molecule has 1 aromatic carbocycles. The lowest BCUT2D eigenvalue weighted by molar-refractivity contribution is 0.356. The van der Waals surface area contributed by atoms with Crippen LogP contribution in [0, 0.1) is 0 Å². The molecule has 4 nitrogen and oxygen atoms in total. The lowest BCUT2D eigenvalue weighted by atomic mass is 10.0. The first-order valence-corrected chi connectivity index (χ1v) is 7.24. The minimum Gasteiger partial charge on any atom is -0.493 e. The van der Waals surface area contributed by atoms with Crippen LogP contribution in [0.2, 0.25) is 0 Å². The molecule has 2 aromatic rings. The summed E-state index contributed by atoms with van der Waals surface area (Å²) in [6.07, 6.45) is 4.07. The van der Waals surface area contributed by atoms with Crippen LogP contribution in [0.4, 0.5) is 0 Å². The Hall–Kier alpha value is -1.81. The van der Waals surface area contributed by atoms with Crippen LogP contribution >= 0.6 is 0 Å². The van der Waals surface area contributed by atoms with E-state index < -0.39 is 0 Å². The van der Waals surface area contributed by atoms with E-state index >= 15 is 0 Å². The van der Waals surface area contributed by atoms with Crippen LogP contribution < -0.4 is 10.1 Å². The summed E-state index contributed by atoms with van der Waals surface area (Å²) in [5.41, 5.74) is 3.75. The SMILES string of the molecule is CCC(NCc1ccn(C)n1)c1ccc2c(c1)CCO2. The summed E-state index contributed by atoms with van der Waals surface area (Å²) in [6, 6.07) is 8.97. The normalized spacial score (nSPS) is 14.9. The third-order valence-electron chi connectivity index (χ3n) is 3.82. The fourth-order valence-corrected chi connectivity index (χ4v) is 2.71. The summed E-state index contributed by atoms with van der Waals surface area (Å²) in [7, 11) is 1.95. The van der Waals surface area contributed by atoms with Gasteiger partial charge in [-0.3, -0.25) is 4.68 Å². The highest BCUT2D eigenvalue weighted by Gasteiger charge is 2.16. The second-order valence-corrected chi connectivity index (χ2v) is 5.29. The van der Waals surface area contributed by atoms with Gasteiger partial charge in [-0.2, -0.15) is 5.10 Å². The van der Waals surface area contributed by atoms with E-state index in [2.05, 4.69) is 41.6 Å². The highest BCUT2D eigenvalue weighted by Crippen LogP contribution is 2.29. The summed E-state index contributed by atoms with van der Waals surface area (Å²) in [5, 5.41) is 7.99. The van der Waals surface area contributed by atoms with Gasteiger partial charge < -0.3 is 10.1 Å². The van der Waals surface area contributed by atoms with Gasteiger partial charge in [-0.1, -0.05) is 19.1 Å². The van der Waals surface area contributed by atoms with Crippen molar-refractivity contribution in [2.24, 2.45) is 7.05 Å². The van der Waals surface area contributed by atoms with Gasteiger partial charge in [-0.25, -0.2) is 0 Å². The molecule has 1 atom stereocenters. The first kappa shape index (κ1) is 13.2. The zero-order valence-corrected chi connectivity index (χ0v) is 12.1. The Morgan fingerprint density at radius 3 is 3.05 bits per heavy atom. The second kappa shape index (κ2) is 5.67. The van der Waals surface area contributed by atoms with Crippen molar-refractivity contribution in [2.75, 3.05) is 6.61 Å². The molecule has 3 rings (SSSR count). The molecule has 1 aliphatic rings. The van der Waals surface area contributed by atoms with Gasteiger partial charge in [-0.05, 0) is 29.7 Å². The number of rotatable bonds is 5. The molecule has 4 heteroatoms. The van der Waals surface area contributed by atoms with Crippen molar-refractivity contribution in [1.29, 1.82) is 0 Å². The van der Waals surface area contributed by atoms with Crippen molar-refractivity contribution >= 4 is 0 Å². The van der Waals surface area contributed by atoms with E-state index in [9.17, 15) is 0 Å². The van der Waals surface area contributed by atoms with E-state index in [1.165, 1.54) is 11.1 Å². The van der Waals surface area contributed by atoms with Crippen LogP contribution in [0.15, 0.2) is 30.5 Å². The minimum absolute atomic E-state index is 0.364. The molecule has 0 fully saturated rings. The van der Waals surface area contributed by atoms with Gasteiger partial charge >= 0.3 is 0 Å². The van der Waals surface area contributed by atoms with Crippen LogP contribution in [0.25, 0.3) is 0 Å². The predicted molar refractivity (Wildman–Crippen MR) is 78.7 cm³/mol. The van der Waals surface area contributed by atoms with E-state index in [0.717, 1.165) is 37.4 Å². The quantitative estimate of drug-likeness (QED) is 0.908. The first-order chi connectivity index (χ1) is 9.76. The van der Waals surface area contributed by atoms with Crippen LogP contribution in [0.1, 0.15) is 36.2 Å². The second-order valence-electron chi connectivity index (χ2n) is 5.29. The number of nitrogens with zero attached hydrogens (tertiary/aromatic N) is 2. The molecule has 1 N–H and O–H groups in total. The highest BCUT2D eigenvalue weighted by atomic mass is 16.5. The molecule has 106 valence electrons. The fourth-order valence-electron chi connectivity index (χ4n) is 2.71. The highest BCUT2D eigenvalue weighted by molar-refractivity contribution is 5.40. The van der Waals surface area contributed by atoms with Crippen LogP contribution in [0.3, 0.4) is 0 Å². The lowest BCUT2D eigenvalue weighted by Gasteiger charge is -2.17. The zero-order chi connectivity index (χ0) is 13.9.